The molecule has 4 heteroatoms. The highest BCUT2D eigenvalue weighted by molar-refractivity contribution is 7.90. The zero-order valence-corrected chi connectivity index (χ0v) is 12.8. The van der Waals surface area contributed by atoms with Gasteiger partial charge in [-0.2, -0.15) is 0 Å². The van der Waals surface area contributed by atoms with E-state index in [0.29, 0.717) is 11.2 Å². The Morgan fingerprint density at radius 2 is 1.58 bits per heavy atom. The summed E-state index contributed by atoms with van der Waals surface area (Å²) in [7, 11) is -2.83. The third kappa shape index (κ3) is 2.85. The zero-order chi connectivity index (χ0) is 13.7. The van der Waals surface area contributed by atoms with Crippen LogP contribution in [-0.4, -0.2) is 26.5 Å². The minimum absolute atomic E-state index is 0.225. The molecule has 3 nitrogen and oxygen atoms in total. The molecule has 2 N–H and O–H groups in total. The fraction of sp³-hybridized carbons (Fsp3) is 1.00. The molecule has 4 bridgehead atoms. The Balaban J connectivity index is 1.61. The molecule has 4 aliphatic carbocycles. The summed E-state index contributed by atoms with van der Waals surface area (Å²) in [6.07, 6.45) is 11.2. The second-order valence-corrected chi connectivity index (χ2v) is 9.92. The van der Waals surface area contributed by atoms with Gasteiger partial charge >= 0.3 is 0 Å². The van der Waals surface area contributed by atoms with E-state index in [-0.39, 0.29) is 6.04 Å². The van der Waals surface area contributed by atoms with Gasteiger partial charge in [0.2, 0.25) is 0 Å². The molecule has 0 aromatic carbocycles. The summed E-state index contributed by atoms with van der Waals surface area (Å²) >= 11 is 0. The topological polar surface area (TPSA) is 60.2 Å². The number of rotatable bonds is 5. The van der Waals surface area contributed by atoms with Crippen LogP contribution in [0.5, 0.6) is 0 Å². The molecule has 110 valence electrons. The third-order valence-corrected chi connectivity index (χ3v) is 6.93. The zero-order valence-electron chi connectivity index (χ0n) is 12.0. The molecular weight excluding hydrogens is 258 g/mol. The largest absolute Gasteiger partial charge is 0.327 e. The Hall–Kier alpha value is -0.0900. The van der Waals surface area contributed by atoms with Gasteiger partial charge in [-0.15, -0.1) is 0 Å². The Labute approximate surface area is 117 Å². The van der Waals surface area contributed by atoms with Crippen LogP contribution in [0, 0.1) is 23.2 Å². The molecular formula is C15H27NO2S. The SMILES string of the molecule is CS(=O)(=O)CCCC(N)C12CC3CC(CC(C3)C1)C2. The molecule has 4 saturated carbocycles. The highest BCUT2D eigenvalue weighted by Gasteiger charge is 2.53. The molecule has 4 rings (SSSR count). The molecule has 0 saturated heterocycles. The number of hydrogen-bond acceptors (Lipinski definition) is 3. The molecule has 1 unspecified atom stereocenters. The maximum Gasteiger partial charge on any atom is 0.147 e. The average Bonchev–Trinajstić information content (AvgIpc) is 2.25. The van der Waals surface area contributed by atoms with Crippen LogP contribution in [0.3, 0.4) is 0 Å². The quantitative estimate of drug-likeness (QED) is 0.843. The van der Waals surface area contributed by atoms with Crippen molar-refractivity contribution in [3.05, 3.63) is 0 Å². The minimum Gasteiger partial charge on any atom is -0.327 e. The molecule has 4 aliphatic rings. The summed E-state index contributed by atoms with van der Waals surface area (Å²) in [6.45, 7) is 0. The van der Waals surface area contributed by atoms with Crippen molar-refractivity contribution in [2.75, 3.05) is 12.0 Å². The van der Waals surface area contributed by atoms with E-state index in [1.807, 2.05) is 0 Å². The van der Waals surface area contributed by atoms with Gasteiger partial charge in [0.1, 0.15) is 9.84 Å². The first-order valence-corrected chi connectivity index (χ1v) is 9.86. The lowest BCUT2D eigenvalue weighted by Crippen LogP contribution is -2.54. The molecule has 4 fully saturated rings. The second kappa shape index (κ2) is 4.73. The van der Waals surface area contributed by atoms with Crippen molar-refractivity contribution in [2.45, 2.75) is 57.4 Å². The fourth-order valence-electron chi connectivity index (χ4n) is 5.50. The Morgan fingerprint density at radius 1 is 1.11 bits per heavy atom. The summed E-state index contributed by atoms with van der Waals surface area (Å²) in [5.74, 6) is 3.07. The maximum absolute atomic E-state index is 11.2. The summed E-state index contributed by atoms with van der Waals surface area (Å²) in [5.41, 5.74) is 6.87. The van der Waals surface area contributed by atoms with Crippen molar-refractivity contribution in [1.29, 1.82) is 0 Å². The second-order valence-electron chi connectivity index (χ2n) is 7.66. The molecule has 0 radical (unpaired) electrons. The molecule has 1 atom stereocenters. The van der Waals surface area contributed by atoms with E-state index in [9.17, 15) is 8.42 Å². The molecule has 0 amide bonds. The standard InChI is InChI=1S/C15H27NO2S/c1-19(17,18)4-2-3-14(16)15-8-11-5-12(9-15)7-13(6-11)10-15/h11-14H,2-10,16H2,1H3. The van der Waals surface area contributed by atoms with Crippen LogP contribution in [0.15, 0.2) is 0 Å². The average molecular weight is 285 g/mol. The van der Waals surface area contributed by atoms with E-state index >= 15 is 0 Å². The van der Waals surface area contributed by atoms with Gasteiger partial charge in [-0.25, -0.2) is 8.42 Å². The Bertz CT molecular complexity index is 408. The fourth-order valence-corrected chi connectivity index (χ4v) is 6.19. The smallest absolute Gasteiger partial charge is 0.147 e. The number of sulfone groups is 1. The Kier molecular flexibility index (Phi) is 3.45. The van der Waals surface area contributed by atoms with E-state index < -0.39 is 9.84 Å². The van der Waals surface area contributed by atoms with Crippen molar-refractivity contribution in [1.82, 2.24) is 0 Å². The summed E-state index contributed by atoms with van der Waals surface area (Å²) < 4.78 is 22.4. The maximum atomic E-state index is 11.2. The molecule has 0 aromatic rings. The highest BCUT2D eigenvalue weighted by Crippen LogP contribution is 2.61. The van der Waals surface area contributed by atoms with Crippen molar-refractivity contribution in [2.24, 2.45) is 28.9 Å². The van der Waals surface area contributed by atoms with Gasteiger partial charge < -0.3 is 5.73 Å². The van der Waals surface area contributed by atoms with Crippen LogP contribution >= 0.6 is 0 Å². The third-order valence-electron chi connectivity index (χ3n) is 5.90. The van der Waals surface area contributed by atoms with Crippen LogP contribution in [-0.2, 0) is 9.84 Å². The van der Waals surface area contributed by atoms with Gasteiger partial charge in [0.15, 0.2) is 0 Å². The van der Waals surface area contributed by atoms with Crippen LogP contribution in [0.2, 0.25) is 0 Å². The van der Waals surface area contributed by atoms with Gasteiger partial charge in [0.05, 0.1) is 0 Å². The van der Waals surface area contributed by atoms with E-state index in [1.165, 1.54) is 44.8 Å². The van der Waals surface area contributed by atoms with Crippen LogP contribution in [0.4, 0.5) is 0 Å². The monoisotopic (exact) mass is 285 g/mol. The molecule has 0 aliphatic heterocycles. The van der Waals surface area contributed by atoms with Crippen molar-refractivity contribution in [3.63, 3.8) is 0 Å². The lowest BCUT2D eigenvalue weighted by molar-refractivity contribution is -0.0681. The van der Waals surface area contributed by atoms with Crippen LogP contribution in [0.25, 0.3) is 0 Å². The number of nitrogens with two attached hydrogens (primary N) is 1. The van der Waals surface area contributed by atoms with Crippen LogP contribution in [0.1, 0.15) is 51.4 Å². The van der Waals surface area contributed by atoms with Crippen molar-refractivity contribution < 1.29 is 8.42 Å². The molecule has 0 heterocycles. The minimum atomic E-state index is -2.83. The van der Waals surface area contributed by atoms with E-state index in [2.05, 4.69) is 0 Å². The first-order valence-electron chi connectivity index (χ1n) is 7.80. The molecule has 19 heavy (non-hydrogen) atoms. The predicted octanol–water partition coefficient (Wildman–Crippen LogP) is 2.35. The first kappa shape index (κ1) is 13.9. The lowest BCUT2D eigenvalue weighted by atomic mass is 9.47. The highest BCUT2D eigenvalue weighted by atomic mass is 32.2. The van der Waals surface area contributed by atoms with Gasteiger partial charge in [-0.05, 0) is 74.5 Å². The Morgan fingerprint density at radius 3 is 2.00 bits per heavy atom. The van der Waals surface area contributed by atoms with Gasteiger partial charge in [-0.3, -0.25) is 0 Å². The summed E-state index contributed by atoms with van der Waals surface area (Å²) in [5, 5.41) is 0. The molecule has 0 aromatic heterocycles. The predicted molar refractivity (Wildman–Crippen MR) is 77.5 cm³/mol. The number of hydrogen-bond donors (Lipinski definition) is 1. The lowest BCUT2D eigenvalue weighted by Gasteiger charge is -2.59. The van der Waals surface area contributed by atoms with Gasteiger partial charge in [-0.1, -0.05) is 0 Å². The van der Waals surface area contributed by atoms with Gasteiger partial charge in [0.25, 0.3) is 0 Å². The first-order chi connectivity index (χ1) is 8.86. The van der Waals surface area contributed by atoms with E-state index in [4.69, 9.17) is 5.73 Å². The van der Waals surface area contributed by atoms with Gasteiger partial charge in [0, 0.05) is 18.1 Å². The van der Waals surface area contributed by atoms with Crippen LogP contribution < -0.4 is 5.73 Å². The van der Waals surface area contributed by atoms with Crippen molar-refractivity contribution >= 4 is 9.84 Å². The summed E-state index contributed by atoms with van der Waals surface area (Å²) in [4.78, 5) is 0. The van der Waals surface area contributed by atoms with Crippen molar-refractivity contribution in [3.8, 4) is 0 Å². The molecule has 0 spiro atoms. The summed E-state index contributed by atoms with van der Waals surface area (Å²) in [6, 6.07) is 0.225. The normalized spacial score (nSPS) is 42.5. The van der Waals surface area contributed by atoms with E-state index in [1.54, 1.807) is 0 Å². The van der Waals surface area contributed by atoms with E-state index in [0.717, 1.165) is 30.6 Å².